The van der Waals surface area contributed by atoms with Crippen molar-refractivity contribution in [3.63, 3.8) is 0 Å². The fraction of sp³-hybridized carbons (Fsp3) is 0.500. The van der Waals surface area contributed by atoms with Crippen molar-refractivity contribution >= 4 is 8.88 Å². The zero-order valence-corrected chi connectivity index (χ0v) is 19.6. The first-order valence-electron chi connectivity index (χ1n) is 10.6. The van der Waals surface area contributed by atoms with Crippen molar-refractivity contribution in [3.8, 4) is 0 Å². The van der Waals surface area contributed by atoms with Gasteiger partial charge in [-0.25, -0.2) is 0 Å². The molecule has 29 heavy (non-hydrogen) atoms. The fourth-order valence-electron chi connectivity index (χ4n) is 4.51. The number of hydrogen-bond donors (Lipinski definition) is 0. The van der Waals surface area contributed by atoms with Gasteiger partial charge in [-0.05, 0) is 52.7 Å². The summed E-state index contributed by atoms with van der Waals surface area (Å²) in [7, 11) is -2.82. The molecule has 0 saturated carbocycles. The summed E-state index contributed by atoms with van der Waals surface area (Å²) in [5.74, 6) is 0. The summed E-state index contributed by atoms with van der Waals surface area (Å²) in [5.41, 5.74) is 2.36. The monoisotopic (exact) mass is 410 g/mol. The van der Waals surface area contributed by atoms with Crippen LogP contribution in [-0.2, 0) is 8.85 Å². The Balaban J connectivity index is 1.77. The molecule has 2 aliphatic rings. The minimum Gasteiger partial charge on any atom is -0.362 e. The van der Waals surface area contributed by atoms with Gasteiger partial charge in [-0.1, -0.05) is 60.7 Å². The number of benzene rings is 2. The van der Waals surface area contributed by atoms with Crippen LogP contribution in [0.1, 0.15) is 64.9 Å². The molecule has 0 N–H and O–H groups in total. The van der Waals surface area contributed by atoms with E-state index in [4.69, 9.17) is 8.85 Å². The summed E-state index contributed by atoms with van der Waals surface area (Å²) in [5, 5.41) is 0. The number of rotatable bonds is 2. The highest BCUT2D eigenvalue weighted by Gasteiger charge is 2.68. The summed E-state index contributed by atoms with van der Waals surface area (Å²) in [6.45, 7) is 15.4. The first-order chi connectivity index (χ1) is 13.6. The van der Waals surface area contributed by atoms with Crippen LogP contribution in [0, 0.1) is 0 Å². The third-order valence-corrected chi connectivity index (χ3v) is 10.2. The van der Waals surface area contributed by atoms with Crippen LogP contribution in [0.5, 0.6) is 0 Å². The standard InChI is InChI=1S/C24H34N2O2Si/c1-23(2,3)25-17-21(19-13-9-7-10-14-19)27-29(25)26(24(4,5)6)18-22(28-29)20-15-11-8-12-16-20/h7-16,21-22H,17-18H2,1-6H3. The molecule has 4 rings (SSSR count). The minimum atomic E-state index is -2.82. The first kappa shape index (κ1) is 20.8. The summed E-state index contributed by atoms with van der Waals surface area (Å²) in [6.07, 6.45) is 0.0583. The van der Waals surface area contributed by atoms with Gasteiger partial charge in [-0.2, -0.15) is 0 Å². The lowest BCUT2D eigenvalue weighted by atomic mass is 10.1. The Kier molecular flexibility index (Phi) is 5.24. The van der Waals surface area contributed by atoms with E-state index in [1.54, 1.807) is 0 Å². The van der Waals surface area contributed by atoms with Gasteiger partial charge >= 0.3 is 8.88 Å². The van der Waals surface area contributed by atoms with Crippen molar-refractivity contribution in [2.24, 2.45) is 0 Å². The van der Waals surface area contributed by atoms with Gasteiger partial charge in [0.05, 0.1) is 12.2 Å². The average molecular weight is 411 g/mol. The van der Waals surface area contributed by atoms with E-state index in [0.717, 1.165) is 13.1 Å². The van der Waals surface area contributed by atoms with Crippen molar-refractivity contribution in [1.29, 1.82) is 0 Å². The topological polar surface area (TPSA) is 24.9 Å². The molecule has 0 aliphatic carbocycles. The smallest absolute Gasteiger partial charge is 0.362 e. The second-order valence-corrected chi connectivity index (χ2v) is 12.8. The zero-order chi connectivity index (χ0) is 20.9. The molecule has 2 aliphatic heterocycles. The Morgan fingerprint density at radius 3 is 1.31 bits per heavy atom. The van der Waals surface area contributed by atoms with Crippen LogP contribution < -0.4 is 0 Å². The first-order valence-corrected chi connectivity index (χ1v) is 12.3. The molecule has 2 heterocycles. The second-order valence-electron chi connectivity index (χ2n) is 10.1. The van der Waals surface area contributed by atoms with Crippen molar-refractivity contribution in [2.45, 2.75) is 64.8 Å². The SMILES string of the molecule is CC(C)(C)N1CC(c2ccccc2)O[Si]12OC(c1ccccc1)CN2C(C)(C)C. The maximum atomic E-state index is 6.99. The van der Waals surface area contributed by atoms with Gasteiger partial charge in [0.15, 0.2) is 0 Å². The van der Waals surface area contributed by atoms with E-state index >= 15 is 0 Å². The van der Waals surface area contributed by atoms with Crippen LogP contribution in [0.4, 0.5) is 0 Å². The van der Waals surface area contributed by atoms with Gasteiger partial charge in [0.1, 0.15) is 0 Å². The van der Waals surface area contributed by atoms with Crippen LogP contribution >= 0.6 is 0 Å². The molecule has 156 valence electrons. The van der Waals surface area contributed by atoms with Gasteiger partial charge in [-0.3, -0.25) is 9.13 Å². The lowest BCUT2D eigenvalue weighted by molar-refractivity contribution is 0.0874. The summed E-state index contributed by atoms with van der Waals surface area (Å²) < 4.78 is 19.1. The molecule has 2 aromatic carbocycles. The molecule has 0 radical (unpaired) electrons. The zero-order valence-electron chi connectivity index (χ0n) is 18.6. The van der Waals surface area contributed by atoms with Gasteiger partial charge in [0.2, 0.25) is 0 Å². The Hall–Kier alpha value is -1.50. The Morgan fingerprint density at radius 2 is 1.00 bits per heavy atom. The predicted molar refractivity (Wildman–Crippen MR) is 119 cm³/mol. The molecule has 2 fully saturated rings. The normalized spacial score (nSPS) is 29.0. The van der Waals surface area contributed by atoms with Crippen molar-refractivity contribution in [1.82, 2.24) is 9.13 Å². The molecule has 0 amide bonds. The molecular weight excluding hydrogens is 376 g/mol. The molecular formula is C24H34N2O2Si. The third kappa shape index (κ3) is 3.82. The molecule has 2 saturated heterocycles. The quantitative estimate of drug-likeness (QED) is 0.638. The van der Waals surface area contributed by atoms with Crippen molar-refractivity contribution in [3.05, 3.63) is 71.8 Å². The van der Waals surface area contributed by atoms with Crippen LogP contribution in [-0.4, -0.2) is 42.2 Å². The Labute approximate surface area is 176 Å². The second kappa shape index (κ2) is 7.32. The highest BCUT2D eigenvalue weighted by atomic mass is 28.4. The van der Waals surface area contributed by atoms with E-state index in [9.17, 15) is 0 Å². The molecule has 0 aromatic heterocycles. The molecule has 0 bridgehead atoms. The third-order valence-electron chi connectivity index (χ3n) is 5.93. The van der Waals surface area contributed by atoms with Gasteiger partial charge in [0, 0.05) is 24.2 Å². The Bertz CT molecular complexity index is 758. The number of hydrogen-bond acceptors (Lipinski definition) is 4. The molecule has 1 spiro atoms. The summed E-state index contributed by atoms with van der Waals surface area (Å²) >= 11 is 0. The maximum absolute atomic E-state index is 6.99. The fourth-order valence-corrected chi connectivity index (χ4v) is 9.02. The predicted octanol–water partition coefficient (Wildman–Crippen LogP) is 5.17. The van der Waals surface area contributed by atoms with Crippen LogP contribution in [0.3, 0.4) is 0 Å². The lowest BCUT2D eigenvalue weighted by Crippen LogP contribution is -2.70. The van der Waals surface area contributed by atoms with Gasteiger partial charge in [0.25, 0.3) is 0 Å². The molecule has 2 aromatic rings. The maximum Gasteiger partial charge on any atom is 0.524 e. The van der Waals surface area contributed by atoms with Crippen LogP contribution in [0.25, 0.3) is 0 Å². The van der Waals surface area contributed by atoms with E-state index in [0.29, 0.717) is 0 Å². The highest BCUT2D eigenvalue weighted by molar-refractivity contribution is 6.63. The van der Waals surface area contributed by atoms with E-state index in [-0.39, 0.29) is 23.3 Å². The van der Waals surface area contributed by atoms with E-state index < -0.39 is 8.88 Å². The molecule has 2 atom stereocenters. The van der Waals surface area contributed by atoms with E-state index in [1.807, 2.05) is 0 Å². The van der Waals surface area contributed by atoms with Gasteiger partial charge in [-0.15, -0.1) is 0 Å². The lowest BCUT2D eigenvalue weighted by Gasteiger charge is -2.46. The summed E-state index contributed by atoms with van der Waals surface area (Å²) in [6, 6.07) is 21.2. The molecule has 2 unspecified atom stereocenters. The molecule has 4 nitrogen and oxygen atoms in total. The largest absolute Gasteiger partial charge is 0.524 e. The van der Waals surface area contributed by atoms with Crippen LogP contribution in [0.2, 0.25) is 0 Å². The Morgan fingerprint density at radius 1 is 0.655 bits per heavy atom. The van der Waals surface area contributed by atoms with Crippen molar-refractivity contribution < 1.29 is 8.85 Å². The van der Waals surface area contributed by atoms with Gasteiger partial charge < -0.3 is 8.85 Å². The van der Waals surface area contributed by atoms with E-state index in [1.165, 1.54) is 11.1 Å². The van der Waals surface area contributed by atoms with Crippen LogP contribution in [0.15, 0.2) is 60.7 Å². The summed E-state index contributed by atoms with van der Waals surface area (Å²) in [4.78, 5) is 0. The van der Waals surface area contributed by atoms with E-state index in [2.05, 4.69) is 111 Å². The average Bonchev–Trinajstić information content (AvgIpc) is 3.25. The number of nitrogens with zero attached hydrogens (tertiary/aromatic N) is 2. The molecule has 5 heteroatoms. The minimum absolute atomic E-state index is 0.0291. The highest BCUT2D eigenvalue weighted by Crippen LogP contribution is 2.48. The van der Waals surface area contributed by atoms with Crippen molar-refractivity contribution in [2.75, 3.05) is 13.1 Å².